The van der Waals surface area contributed by atoms with Crippen LogP contribution < -0.4 is 10.1 Å². The number of aromatic nitrogens is 1. The Morgan fingerprint density at radius 3 is 2.62 bits per heavy atom. The largest absolute Gasteiger partial charge is 0.491 e. The summed E-state index contributed by atoms with van der Waals surface area (Å²) in [5.74, 6) is 0.813. The Bertz CT molecular complexity index is 759. The lowest BCUT2D eigenvalue weighted by atomic mass is 10.2. The van der Waals surface area contributed by atoms with Crippen LogP contribution in [0.5, 0.6) is 5.75 Å². The highest BCUT2D eigenvalue weighted by molar-refractivity contribution is 7.15. The van der Waals surface area contributed by atoms with Crippen LogP contribution >= 0.6 is 11.3 Å². The van der Waals surface area contributed by atoms with Crippen molar-refractivity contribution in [1.29, 1.82) is 0 Å². The number of hydrogen-bond donors (Lipinski definition) is 2. The number of hydrogen-bond acceptors (Lipinski definition) is 5. The average Bonchev–Trinajstić information content (AvgIpc) is 3.10. The summed E-state index contributed by atoms with van der Waals surface area (Å²) in [5, 5.41) is 13.4. The number of ether oxygens (including phenoxy) is 1. The summed E-state index contributed by atoms with van der Waals surface area (Å²) in [6.45, 7) is 1.80. The molecular formula is C19H20N2O2S. The lowest BCUT2D eigenvalue weighted by molar-refractivity contribution is 0.200. The van der Waals surface area contributed by atoms with E-state index in [0.717, 1.165) is 28.4 Å². The summed E-state index contributed by atoms with van der Waals surface area (Å²) in [5.41, 5.74) is 2.23. The molecule has 0 radical (unpaired) electrons. The predicted molar refractivity (Wildman–Crippen MR) is 97.1 cm³/mol. The van der Waals surface area contributed by atoms with Gasteiger partial charge in [-0.1, -0.05) is 48.5 Å². The van der Waals surface area contributed by atoms with Crippen molar-refractivity contribution >= 4 is 11.3 Å². The van der Waals surface area contributed by atoms with Crippen LogP contribution in [-0.4, -0.2) is 23.3 Å². The smallest absolute Gasteiger partial charge is 0.123 e. The minimum atomic E-state index is 0.0187. The maximum absolute atomic E-state index is 8.89. The number of nitrogens with zero attached hydrogens (tertiary/aromatic N) is 1. The Balaban J connectivity index is 1.57. The molecule has 0 amide bonds. The highest BCUT2D eigenvalue weighted by atomic mass is 32.1. The molecule has 0 spiro atoms. The van der Waals surface area contributed by atoms with Gasteiger partial charge in [-0.15, -0.1) is 11.3 Å². The third-order valence-electron chi connectivity index (χ3n) is 3.51. The third kappa shape index (κ3) is 4.41. The molecule has 24 heavy (non-hydrogen) atoms. The zero-order valence-corrected chi connectivity index (χ0v) is 14.1. The van der Waals surface area contributed by atoms with Crippen molar-refractivity contribution < 1.29 is 9.84 Å². The van der Waals surface area contributed by atoms with E-state index < -0.39 is 0 Å². The van der Waals surface area contributed by atoms with Crippen LogP contribution in [0.15, 0.2) is 60.8 Å². The summed E-state index contributed by atoms with van der Waals surface area (Å²) >= 11 is 1.70. The molecule has 0 unspecified atom stereocenters. The van der Waals surface area contributed by atoms with E-state index in [0.29, 0.717) is 13.2 Å². The van der Waals surface area contributed by atoms with E-state index in [1.165, 1.54) is 4.88 Å². The fraction of sp³-hybridized carbons (Fsp3) is 0.211. The maximum atomic E-state index is 8.89. The molecule has 0 fully saturated rings. The lowest BCUT2D eigenvalue weighted by Gasteiger charge is -2.10. The van der Waals surface area contributed by atoms with Crippen LogP contribution in [0.25, 0.3) is 10.6 Å². The molecule has 0 atom stereocenters. The number of benzene rings is 2. The minimum Gasteiger partial charge on any atom is -0.491 e. The van der Waals surface area contributed by atoms with Crippen molar-refractivity contribution in [2.45, 2.75) is 13.1 Å². The first kappa shape index (κ1) is 16.6. The van der Waals surface area contributed by atoms with Gasteiger partial charge in [0.2, 0.25) is 0 Å². The van der Waals surface area contributed by atoms with E-state index in [4.69, 9.17) is 9.84 Å². The molecule has 124 valence electrons. The fourth-order valence-electron chi connectivity index (χ4n) is 2.37. The average molecular weight is 340 g/mol. The molecule has 1 aromatic heterocycles. The molecule has 5 heteroatoms. The van der Waals surface area contributed by atoms with Crippen molar-refractivity contribution in [3.63, 3.8) is 0 Å². The lowest BCUT2D eigenvalue weighted by Crippen LogP contribution is -2.13. The van der Waals surface area contributed by atoms with E-state index in [-0.39, 0.29) is 6.61 Å². The fourth-order valence-corrected chi connectivity index (χ4v) is 3.26. The van der Waals surface area contributed by atoms with Crippen molar-refractivity contribution in [2.24, 2.45) is 0 Å². The van der Waals surface area contributed by atoms with Crippen molar-refractivity contribution in [3.8, 4) is 16.3 Å². The van der Waals surface area contributed by atoms with E-state index in [1.807, 2.05) is 48.7 Å². The monoisotopic (exact) mass is 340 g/mol. The molecule has 0 bridgehead atoms. The maximum Gasteiger partial charge on any atom is 0.123 e. The molecule has 3 aromatic rings. The van der Waals surface area contributed by atoms with Crippen molar-refractivity contribution in [2.75, 3.05) is 13.2 Å². The zero-order chi connectivity index (χ0) is 16.6. The number of para-hydroxylation sites is 1. The van der Waals surface area contributed by atoms with Crippen LogP contribution in [0.3, 0.4) is 0 Å². The second-order valence-electron chi connectivity index (χ2n) is 5.28. The van der Waals surface area contributed by atoms with E-state index in [2.05, 4.69) is 22.4 Å². The molecular weight excluding hydrogens is 320 g/mol. The first-order valence-electron chi connectivity index (χ1n) is 7.89. The molecule has 0 saturated heterocycles. The number of rotatable bonds is 8. The molecule has 2 N–H and O–H groups in total. The van der Waals surface area contributed by atoms with E-state index >= 15 is 0 Å². The van der Waals surface area contributed by atoms with Gasteiger partial charge in [-0.25, -0.2) is 4.98 Å². The molecule has 0 aliphatic carbocycles. The second-order valence-corrected chi connectivity index (χ2v) is 6.40. The third-order valence-corrected chi connectivity index (χ3v) is 4.56. The SMILES string of the molecule is OCCOc1ccccc1CNCc1cnc(-c2ccccc2)s1. The minimum absolute atomic E-state index is 0.0187. The molecule has 3 rings (SSSR count). The van der Waals surface area contributed by atoms with Gasteiger partial charge in [0.1, 0.15) is 17.4 Å². The van der Waals surface area contributed by atoms with Gasteiger partial charge in [-0.05, 0) is 6.07 Å². The van der Waals surface area contributed by atoms with Crippen molar-refractivity contribution in [1.82, 2.24) is 10.3 Å². The number of thiazole rings is 1. The van der Waals surface area contributed by atoms with E-state index in [9.17, 15) is 0 Å². The summed E-state index contributed by atoms with van der Waals surface area (Å²) in [6.07, 6.45) is 1.92. The summed E-state index contributed by atoms with van der Waals surface area (Å²) < 4.78 is 5.55. The van der Waals surface area contributed by atoms with Gasteiger partial charge in [-0.3, -0.25) is 0 Å². The van der Waals surface area contributed by atoms with Crippen LogP contribution in [0.1, 0.15) is 10.4 Å². The highest BCUT2D eigenvalue weighted by Gasteiger charge is 2.06. The molecule has 0 saturated carbocycles. The first-order valence-corrected chi connectivity index (χ1v) is 8.71. The second kappa shape index (κ2) is 8.59. The van der Waals surface area contributed by atoms with Gasteiger partial charge in [-0.2, -0.15) is 0 Å². The Morgan fingerprint density at radius 2 is 1.79 bits per heavy atom. The zero-order valence-electron chi connectivity index (χ0n) is 13.3. The normalized spacial score (nSPS) is 10.7. The molecule has 2 aromatic carbocycles. The summed E-state index contributed by atoms with van der Waals surface area (Å²) in [7, 11) is 0. The predicted octanol–water partition coefficient (Wildman–Crippen LogP) is 3.47. The van der Waals surface area contributed by atoms with Gasteiger partial charge in [0.15, 0.2) is 0 Å². The standard InChI is InChI=1S/C19H20N2O2S/c22-10-11-23-18-9-5-4-8-16(18)12-20-13-17-14-21-19(24-17)15-6-2-1-3-7-15/h1-9,14,20,22H,10-13H2. The number of aliphatic hydroxyl groups excluding tert-OH is 1. The van der Waals surface area contributed by atoms with Gasteiger partial charge in [0, 0.05) is 35.3 Å². The van der Waals surface area contributed by atoms with Crippen LogP contribution in [0.2, 0.25) is 0 Å². The Morgan fingerprint density at radius 1 is 1.00 bits per heavy atom. The van der Waals surface area contributed by atoms with Crippen molar-refractivity contribution in [3.05, 3.63) is 71.2 Å². The molecule has 0 aliphatic heterocycles. The summed E-state index contributed by atoms with van der Waals surface area (Å²) in [4.78, 5) is 5.69. The summed E-state index contributed by atoms with van der Waals surface area (Å²) in [6, 6.07) is 18.1. The highest BCUT2D eigenvalue weighted by Crippen LogP contribution is 2.25. The van der Waals surface area contributed by atoms with E-state index in [1.54, 1.807) is 11.3 Å². The Labute approximate surface area is 145 Å². The van der Waals surface area contributed by atoms with Crippen LogP contribution in [0.4, 0.5) is 0 Å². The quantitative estimate of drug-likeness (QED) is 0.659. The number of nitrogens with one attached hydrogen (secondary N) is 1. The topological polar surface area (TPSA) is 54.4 Å². The number of aliphatic hydroxyl groups is 1. The molecule has 0 aliphatic rings. The first-order chi connectivity index (χ1) is 11.9. The van der Waals surface area contributed by atoms with Crippen LogP contribution in [-0.2, 0) is 13.1 Å². The van der Waals surface area contributed by atoms with Gasteiger partial charge >= 0.3 is 0 Å². The molecule has 4 nitrogen and oxygen atoms in total. The Hall–Kier alpha value is -2.21. The van der Waals surface area contributed by atoms with Crippen LogP contribution in [0, 0.1) is 0 Å². The van der Waals surface area contributed by atoms with Gasteiger partial charge < -0.3 is 15.2 Å². The van der Waals surface area contributed by atoms with Gasteiger partial charge in [0.25, 0.3) is 0 Å². The molecule has 1 heterocycles. The van der Waals surface area contributed by atoms with Gasteiger partial charge in [0.05, 0.1) is 6.61 Å². The Kier molecular flexibility index (Phi) is 5.96.